The Morgan fingerprint density at radius 3 is 2.06 bits per heavy atom. The molecule has 1 N–H and O–H groups in total. The summed E-state index contributed by atoms with van der Waals surface area (Å²) >= 11 is 18.1. The van der Waals surface area contributed by atoms with Crippen molar-refractivity contribution >= 4 is 69.6 Å². The number of esters is 1. The molecule has 9 nitrogen and oxygen atoms in total. The van der Waals surface area contributed by atoms with Crippen molar-refractivity contribution < 1.29 is 24.0 Å². The van der Waals surface area contributed by atoms with Crippen LogP contribution < -0.4 is 15.0 Å². The summed E-state index contributed by atoms with van der Waals surface area (Å²) in [6.07, 6.45) is 0. The van der Waals surface area contributed by atoms with E-state index in [1.807, 2.05) is 0 Å². The van der Waals surface area contributed by atoms with Crippen molar-refractivity contribution in [2.24, 2.45) is 0 Å². The number of nitro benzene ring substituents is 1. The van der Waals surface area contributed by atoms with Crippen LogP contribution in [0.4, 0.5) is 17.1 Å². The third kappa shape index (κ3) is 5.12. The van der Waals surface area contributed by atoms with Crippen LogP contribution in [0.25, 0.3) is 0 Å². The van der Waals surface area contributed by atoms with E-state index in [0.29, 0.717) is 5.69 Å². The third-order valence-electron chi connectivity index (χ3n) is 4.78. The van der Waals surface area contributed by atoms with Crippen LogP contribution >= 0.6 is 34.8 Å². The second-order valence-corrected chi connectivity index (χ2v) is 8.36. The maximum Gasteiger partial charge on any atom is 0.343 e. The summed E-state index contributed by atoms with van der Waals surface area (Å²) in [6, 6.07) is 15.1. The molecule has 1 aliphatic rings. The number of non-ortho nitro benzene ring substituents is 1. The van der Waals surface area contributed by atoms with Gasteiger partial charge in [-0.2, -0.15) is 0 Å². The lowest BCUT2D eigenvalue weighted by atomic mass is 10.2. The van der Waals surface area contributed by atoms with Gasteiger partial charge in [-0.05, 0) is 54.6 Å². The van der Waals surface area contributed by atoms with Gasteiger partial charge in [0, 0.05) is 27.9 Å². The van der Waals surface area contributed by atoms with Gasteiger partial charge in [0.05, 0.1) is 16.2 Å². The molecular formula is C23H12Cl3N3O6. The van der Waals surface area contributed by atoms with Gasteiger partial charge in [-0.1, -0.05) is 34.8 Å². The van der Waals surface area contributed by atoms with Crippen molar-refractivity contribution in [3.63, 3.8) is 0 Å². The third-order valence-corrected chi connectivity index (χ3v) is 5.57. The Hall–Kier alpha value is -3.92. The predicted molar refractivity (Wildman–Crippen MR) is 130 cm³/mol. The number of hydrogen-bond acceptors (Lipinski definition) is 7. The zero-order chi connectivity index (χ0) is 25.3. The molecule has 3 aromatic carbocycles. The zero-order valence-electron chi connectivity index (χ0n) is 17.3. The van der Waals surface area contributed by atoms with Crippen molar-refractivity contribution in [2.45, 2.75) is 0 Å². The highest BCUT2D eigenvalue weighted by molar-refractivity contribution is 6.53. The van der Waals surface area contributed by atoms with Gasteiger partial charge in [0.1, 0.15) is 16.5 Å². The van der Waals surface area contributed by atoms with Crippen LogP contribution in [0, 0.1) is 10.1 Å². The Balaban J connectivity index is 1.47. The molecule has 1 aliphatic heterocycles. The van der Waals surface area contributed by atoms with E-state index >= 15 is 0 Å². The first-order chi connectivity index (χ1) is 16.6. The fourth-order valence-corrected chi connectivity index (χ4v) is 3.88. The SMILES string of the molecule is O=C(Oc1ccc([N+](=O)[O-])cc1)c1ccc(NC2=C(Cl)C(=O)N(c3cc(Cl)cc(Cl)c3)C2=O)cc1. The molecule has 176 valence electrons. The summed E-state index contributed by atoms with van der Waals surface area (Å²) in [5, 5.41) is 13.7. The minimum Gasteiger partial charge on any atom is -0.423 e. The number of nitrogens with zero attached hydrogens (tertiary/aromatic N) is 2. The molecule has 4 rings (SSSR count). The highest BCUT2D eigenvalue weighted by Crippen LogP contribution is 2.33. The number of anilines is 2. The van der Waals surface area contributed by atoms with Gasteiger partial charge in [0.2, 0.25) is 0 Å². The van der Waals surface area contributed by atoms with E-state index in [4.69, 9.17) is 39.5 Å². The number of hydrogen-bond donors (Lipinski definition) is 1. The molecule has 0 aliphatic carbocycles. The highest BCUT2D eigenvalue weighted by Gasteiger charge is 2.39. The van der Waals surface area contributed by atoms with Crippen molar-refractivity contribution in [1.29, 1.82) is 0 Å². The molecular weight excluding hydrogens is 521 g/mol. The molecule has 0 aromatic heterocycles. The summed E-state index contributed by atoms with van der Waals surface area (Å²) in [7, 11) is 0. The topological polar surface area (TPSA) is 119 Å². The Kier molecular flexibility index (Phi) is 6.74. The number of amides is 2. The Morgan fingerprint density at radius 1 is 0.886 bits per heavy atom. The van der Waals surface area contributed by atoms with Crippen LogP contribution in [0.5, 0.6) is 5.75 Å². The van der Waals surface area contributed by atoms with Crippen LogP contribution in [0.2, 0.25) is 10.0 Å². The van der Waals surface area contributed by atoms with Crippen LogP contribution in [-0.4, -0.2) is 22.7 Å². The van der Waals surface area contributed by atoms with E-state index in [1.54, 1.807) is 0 Å². The first-order valence-corrected chi connectivity index (χ1v) is 10.9. The molecule has 0 saturated carbocycles. The number of benzene rings is 3. The maximum absolute atomic E-state index is 12.9. The normalized spacial score (nSPS) is 13.3. The number of imide groups is 1. The molecule has 0 fully saturated rings. The van der Waals surface area contributed by atoms with Gasteiger partial charge in [-0.15, -0.1) is 0 Å². The fourth-order valence-electron chi connectivity index (χ4n) is 3.15. The zero-order valence-corrected chi connectivity index (χ0v) is 19.6. The molecule has 0 spiro atoms. The number of nitrogens with one attached hydrogen (secondary N) is 1. The molecule has 3 aromatic rings. The average molecular weight is 533 g/mol. The Bertz CT molecular complexity index is 1380. The van der Waals surface area contributed by atoms with Gasteiger partial charge < -0.3 is 10.1 Å². The number of carbonyl (C=O) groups excluding carboxylic acids is 3. The van der Waals surface area contributed by atoms with E-state index in [0.717, 1.165) is 4.90 Å². The fraction of sp³-hybridized carbons (Fsp3) is 0. The van der Waals surface area contributed by atoms with E-state index in [1.165, 1.54) is 66.7 Å². The molecule has 0 radical (unpaired) electrons. The first kappa shape index (κ1) is 24.2. The number of ether oxygens (including phenoxy) is 1. The van der Waals surface area contributed by atoms with Crippen LogP contribution in [0.3, 0.4) is 0 Å². The van der Waals surface area contributed by atoms with Gasteiger partial charge in [0.25, 0.3) is 17.5 Å². The van der Waals surface area contributed by atoms with Gasteiger partial charge in [0.15, 0.2) is 0 Å². The summed E-state index contributed by atoms with van der Waals surface area (Å²) in [5.41, 5.74) is 0.422. The van der Waals surface area contributed by atoms with Crippen molar-refractivity contribution in [2.75, 3.05) is 10.2 Å². The second-order valence-electron chi connectivity index (χ2n) is 7.11. The van der Waals surface area contributed by atoms with Crippen molar-refractivity contribution in [1.82, 2.24) is 0 Å². The minimum absolute atomic E-state index is 0.134. The van der Waals surface area contributed by atoms with Crippen LogP contribution in [-0.2, 0) is 9.59 Å². The van der Waals surface area contributed by atoms with Gasteiger partial charge in [-0.3, -0.25) is 19.7 Å². The number of rotatable bonds is 6. The molecule has 12 heteroatoms. The van der Waals surface area contributed by atoms with Gasteiger partial charge >= 0.3 is 5.97 Å². The average Bonchev–Trinajstić information content (AvgIpc) is 3.02. The van der Waals surface area contributed by atoms with Gasteiger partial charge in [-0.25, -0.2) is 9.69 Å². The van der Waals surface area contributed by atoms with E-state index < -0.39 is 22.7 Å². The molecule has 0 bridgehead atoms. The largest absolute Gasteiger partial charge is 0.423 e. The lowest BCUT2D eigenvalue weighted by Gasteiger charge is -2.16. The quantitative estimate of drug-likeness (QED) is 0.145. The van der Waals surface area contributed by atoms with E-state index in [-0.39, 0.29) is 43.5 Å². The minimum atomic E-state index is -0.749. The second kappa shape index (κ2) is 9.75. The standard InChI is InChI=1S/C23H12Cl3N3O6/c24-13-9-14(25)11-17(10-13)28-21(30)19(26)20(22(28)31)27-15-3-1-12(2-4-15)23(32)35-18-7-5-16(6-8-18)29(33)34/h1-11,27H. The first-order valence-electron chi connectivity index (χ1n) is 9.72. The Labute approximate surface area is 212 Å². The maximum atomic E-state index is 12.9. The van der Waals surface area contributed by atoms with E-state index in [2.05, 4.69) is 5.32 Å². The molecule has 0 atom stereocenters. The highest BCUT2D eigenvalue weighted by atomic mass is 35.5. The summed E-state index contributed by atoms with van der Waals surface area (Å²) in [6.45, 7) is 0. The van der Waals surface area contributed by atoms with E-state index in [9.17, 15) is 24.5 Å². The molecule has 0 saturated heterocycles. The monoisotopic (exact) mass is 531 g/mol. The summed E-state index contributed by atoms with van der Waals surface area (Å²) in [4.78, 5) is 48.9. The van der Waals surface area contributed by atoms with Crippen molar-refractivity contribution in [3.8, 4) is 5.75 Å². The number of carbonyl (C=O) groups is 3. The Morgan fingerprint density at radius 2 is 1.49 bits per heavy atom. The smallest absolute Gasteiger partial charge is 0.343 e. The molecule has 1 heterocycles. The molecule has 2 amide bonds. The lowest BCUT2D eigenvalue weighted by Crippen LogP contribution is -2.32. The summed E-state index contributed by atoms with van der Waals surface area (Å²) in [5.74, 6) is -2.02. The van der Waals surface area contributed by atoms with Crippen LogP contribution in [0.1, 0.15) is 10.4 Å². The predicted octanol–water partition coefficient (Wildman–Crippen LogP) is 5.56. The summed E-state index contributed by atoms with van der Waals surface area (Å²) < 4.78 is 5.20. The molecule has 0 unspecified atom stereocenters. The molecule has 35 heavy (non-hydrogen) atoms. The van der Waals surface area contributed by atoms with Crippen molar-refractivity contribution in [3.05, 3.63) is 103 Å². The number of halogens is 3. The lowest BCUT2D eigenvalue weighted by molar-refractivity contribution is -0.384. The van der Waals surface area contributed by atoms with Crippen LogP contribution in [0.15, 0.2) is 77.5 Å². The number of nitro groups is 1.